The molecule has 0 aliphatic rings. The Kier molecular flexibility index (Phi) is 5.72. The standard InChI is InChI=1S/C19H19ClO/c1-15-6-5-7-17(12-15)14-21-19-10-9-16(2)13-18(19)8-3-4-11-20/h5-7,9-10,12-13H,4,11,14H2,1-2H3. The summed E-state index contributed by atoms with van der Waals surface area (Å²) in [6, 6.07) is 14.4. The van der Waals surface area contributed by atoms with E-state index in [4.69, 9.17) is 16.3 Å². The molecule has 2 rings (SSSR count). The van der Waals surface area contributed by atoms with Crippen molar-refractivity contribution < 1.29 is 4.74 Å². The molecule has 0 aliphatic carbocycles. The van der Waals surface area contributed by atoms with Gasteiger partial charge in [0.2, 0.25) is 0 Å². The second kappa shape index (κ2) is 7.76. The van der Waals surface area contributed by atoms with Gasteiger partial charge in [-0.1, -0.05) is 47.7 Å². The molecule has 0 N–H and O–H groups in total. The molecule has 0 saturated heterocycles. The second-order valence-corrected chi connectivity index (χ2v) is 5.40. The first-order chi connectivity index (χ1) is 10.2. The molecule has 0 atom stereocenters. The zero-order chi connectivity index (χ0) is 15.1. The van der Waals surface area contributed by atoms with Crippen molar-refractivity contribution in [3.8, 4) is 17.6 Å². The number of halogens is 1. The van der Waals surface area contributed by atoms with Crippen LogP contribution in [0.25, 0.3) is 0 Å². The van der Waals surface area contributed by atoms with Gasteiger partial charge in [-0.15, -0.1) is 11.6 Å². The Hall–Kier alpha value is -1.91. The topological polar surface area (TPSA) is 9.23 Å². The molecule has 2 aromatic carbocycles. The van der Waals surface area contributed by atoms with E-state index < -0.39 is 0 Å². The summed E-state index contributed by atoms with van der Waals surface area (Å²) >= 11 is 5.66. The lowest BCUT2D eigenvalue weighted by molar-refractivity contribution is 0.305. The minimum Gasteiger partial charge on any atom is -0.488 e. The third-order valence-electron chi connectivity index (χ3n) is 3.05. The SMILES string of the molecule is Cc1cccc(COc2ccc(C)cc2C#CCCCl)c1. The third kappa shape index (κ3) is 4.85. The van der Waals surface area contributed by atoms with Crippen molar-refractivity contribution in [2.45, 2.75) is 26.9 Å². The van der Waals surface area contributed by atoms with Crippen molar-refractivity contribution in [3.05, 3.63) is 64.7 Å². The minimum absolute atomic E-state index is 0.551. The van der Waals surface area contributed by atoms with Crippen LogP contribution in [-0.4, -0.2) is 5.88 Å². The Morgan fingerprint density at radius 1 is 1.05 bits per heavy atom. The van der Waals surface area contributed by atoms with Crippen molar-refractivity contribution in [2.24, 2.45) is 0 Å². The molecule has 0 heterocycles. The van der Waals surface area contributed by atoms with Crippen molar-refractivity contribution in [1.82, 2.24) is 0 Å². The minimum atomic E-state index is 0.551. The Balaban J connectivity index is 2.14. The maximum absolute atomic E-state index is 5.93. The number of benzene rings is 2. The van der Waals surface area contributed by atoms with Crippen molar-refractivity contribution in [2.75, 3.05) is 5.88 Å². The van der Waals surface area contributed by atoms with Crippen LogP contribution in [0.1, 0.15) is 28.7 Å². The molecule has 21 heavy (non-hydrogen) atoms. The van der Waals surface area contributed by atoms with E-state index in [9.17, 15) is 0 Å². The summed E-state index contributed by atoms with van der Waals surface area (Å²) in [5.74, 6) is 7.58. The lowest BCUT2D eigenvalue weighted by Crippen LogP contribution is -1.98. The van der Waals surface area contributed by atoms with Gasteiger partial charge < -0.3 is 4.74 Å². The molecular formula is C19H19ClO. The van der Waals surface area contributed by atoms with E-state index >= 15 is 0 Å². The molecule has 2 aromatic rings. The molecule has 0 spiro atoms. The fourth-order valence-electron chi connectivity index (χ4n) is 2.04. The highest BCUT2D eigenvalue weighted by molar-refractivity contribution is 6.18. The summed E-state index contributed by atoms with van der Waals surface area (Å²) in [5, 5.41) is 0. The Morgan fingerprint density at radius 3 is 2.62 bits per heavy atom. The number of ether oxygens (including phenoxy) is 1. The number of rotatable bonds is 4. The third-order valence-corrected chi connectivity index (χ3v) is 3.24. The average Bonchev–Trinajstić information content (AvgIpc) is 2.47. The lowest BCUT2D eigenvalue weighted by Gasteiger charge is -2.09. The maximum Gasteiger partial charge on any atom is 0.135 e. The predicted molar refractivity (Wildman–Crippen MR) is 88.9 cm³/mol. The molecule has 108 valence electrons. The summed E-state index contributed by atoms with van der Waals surface area (Å²) in [6.45, 7) is 4.68. The van der Waals surface area contributed by atoms with Crippen LogP contribution < -0.4 is 4.74 Å². The first kappa shape index (κ1) is 15.5. The molecule has 0 amide bonds. The van der Waals surface area contributed by atoms with E-state index in [1.165, 1.54) is 11.1 Å². The van der Waals surface area contributed by atoms with Gasteiger partial charge in [0, 0.05) is 12.3 Å². The van der Waals surface area contributed by atoms with Crippen LogP contribution >= 0.6 is 11.6 Å². The van der Waals surface area contributed by atoms with Crippen LogP contribution in [0, 0.1) is 25.7 Å². The Labute approximate surface area is 131 Å². The molecule has 0 aromatic heterocycles. The molecule has 0 radical (unpaired) electrons. The van der Waals surface area contributed by atoms with Gasteiger partial charge in [0.05, 0.1) is 5.56 Å². The molecule has 1 nitrogen and oxygen atoms in total. The highest BCUT2D eigenvalue weighted by atomic mass is 35.5. The van der Waals surface area contributed by atoms with Crippen LogP contribution in [0.2, 0.25) is 0 Å². The Bertz CT molecular complexity index is 665. The number of hydrogen-bond acceptors (Lipinski definition) is 1. The maximum atomic E-state index is 5.93. The van der Waals surface area contributed by atoms with Crippen LogP contribution in [0.3, 0.4) is 0 Å². The number of aryl methyl sites for hydroxylation is 2. The molecule has 0 aliphatic heterocycles. The zero-order valence-corrected chi connectivity index (χ0v) is 13.2. The van der Waals surface area contributed by atoms with Crippen molar-refractivity contribution >= 4 is 11.6 Å². The Morgan fingerprint density at radius 2 is 1.86 bits per heavy atom. The predicted octanol–water partition coefficient (Wildman–Crippen LogP) is 4.86. The van der Waals surface area contributed by atoms with Crippen molar-refractivity contribution in [1.29, 1.82) is 0 Å². The van der Waals surface area contributed by atoms with Gasteiger partial charge in [0.1, 0.15) is 12.4 Å². The van der Waals surface area contributed by atoms with Gasteiger partial charge in [0.25, 0.3) is 0 Å². The van der Waals surface area contributed by atoms with Crippen LogP contribution in [0.15, 0.2) is 42.5 Å². The molecule has 0 unspecified atom stereocenters. The van der Waals surface area contributed by atoms with E-state index in [0.29, 0.717) is 18.9 Å². The molecular weight excluding hydrogens is 280 g/mol. The first-order valence-electron chi connectivity index (χ1n) is 7.03. The first-order valence-corrected chi connectivity index (χ1v) is 7.56. The summed E-state index contributed by atoms with van der Waals surface area (Å²) < 4.78 is 5.93. The summed E-state index contributed by atoms with van der Waals surface area (Å²) in [5.41, 5.74) is 4.50. The largest absolute Gasteiger partial charge is 0.488 e. The van der Waals surface area contributed by atoms with Gasteiger partial charge in [-0.25, -0.2) is 0 Å². The smallest absolute Gasteiger partial charge is 0.135 e. The van der Waals surface area contributed by atoms with Crippen LogP contribution in [0.5, 0.6) is 5.75 Å². The fourth-order valence-corrected chi connectivity index (χ4v) is 2.13. The lowest BCUT2D eigenvalue weighted by atomic mass is 10.1. The molecule has 0 bridgehead atoms. The normalized spacial score (nSPS) is 9.86. The van der Waals surface area contributed by atoms with E-state index in [2.05, 4.69) is 43.9 Å². The molecule has 0 fully saturated rings. The van der Waals surface area contributed by atoms with E-state index in [1.54, 1.807) is 0 Å². The monoisotopic (exact) mass is 298 g/mol. The van der Waals surface area contributed by atoms with E-state index in [-0.39, 0.29) is 0 Å². The van der Waals surface area contributed by atoms with E-state index in [0.717, 1.165) is 16.9 Å². The summed E-state index contributed by atoms with van der Waals surface area (Å²) in [6.07, 6.45) is 0.687. The van der Waals surface area contributed by atoms with Gasteiger partial charge in [0.15, 0.2) is 0 Å². The van der Waals surface area contributed by atoms with Crippen molar-refractivity contribution in [3.63, 3.8) is 0 Å². The average molecular weight is 299 g/mol. The highest BCUT2D eigenvalue weighted by Gasteiger charge is 2.03. The molecule has 0 saturated carbocycles. The highest BCUT2D eigenvalue weighted by Crippen LogP contribution is 2.20. The molecule has 2 heteroatoms. The number of alkyl halides is 1. The van der Waals surface area contributed by atoms with Gasteiger partial charge in [-0.2, -0.15) is 0 Å². The van der Waals surface area contributed by atoms with E-state index in [1.807, 2.05) is 24.3 Å². The summed E-state index contributed by atoms with van der Waals surface area (Å²) in [7, 11) is 0. The number of hydrogen-bond donors (Lipinski definition) is 0. The quantitative estimate of drug-likeness (QED) is 0.578. The van der Waals surface area contributed by atoms with Gasteiger partial charge in [-0.05, 0) is 37.1 Å². The zero-order valence-electron chi connectivity index (χ0n) is 12.4. The fraction of sp³-hybridized carbons (Fsp3) is 0.263. The second-order valence-electron chi connectivity index (χ2n) is 5.02. The van der Waals surface area contributed by atoms with Gasteiger partial charge >= 0.3 is 0 Å². The van der Waals surface area contributed by atoms with Crippen LogP contribution in [-0.2, 0) is 6.61 Å². The van der Waals surface area contributed by atoms with Crippen LogP contribution in [0.4, 0.5) is 0 Å². The summed E-state index contributed by atoms with van der Waals surface area (Å²) in [4.78, 5) is 0. The van der Waals surface area contributed by atoms with Gasteiger partial charge in [-0.3, -0.25) is 0 Å².